The summed E-state index contributed by atoms with van der Waals surface area (Å²) in [4.78, 5) is 12.5. The number of carbonyl (C=O) groups is 1. The predicted octanol–water partition coefficient (Wildman–Crippen LogP) is 3.26. The Morgan fingerprint density at radius 1 is 1.10 bits per heavy atom. The maximum Gasteiger partial charge on any atom is 0.196 e. The number of hydrogen-bond donors (Lipinski definition) is 0. The van der Waals surface area contributed by atoms with Gasteiger partial charge in [0.05, 0.1) is 14.2 Å². The molecule has 0 fully saturated rings. The van der Waals surface area contributed by atoms with Gasteiger partial charge in [-0.15, -0.1) is 0 Å². The van der Waals surface area contributed by atoms with Gasteiger partial charge < -0.3 is 14.2 Å². The maximum absolute atomic E-state index is 12.5. The van der Waals surface area contributed by atoms with Crippen molar-refractivity contribution < 1.29 is 19.0 Å². The third-order valence-corrected chi connectivity index (χ3v) is 2.95. The van der Waals surface area contributed by atoms with Gasteiger partial charge in [0.2, 0.25) is 0 Å². The quantitative estimate of drug-likeness (QED) is 0.544. The number of hydrogen-bond acceptors (Lipinski definition) is 4. The van der Waals surface area contributed by atoms with Gasteiger partial charge in [-0.05, 0) is 17.7 Å². The van der Waals surface area contributed by atoms with Crippen LogP contribution in [0.5, 0.6) is 11.5 Å². The van der Waals surface area contributed by atoms with Gasteiger partial charge in [0.15, 0.2) is 5.78 Å². The molecule has 0 aliphatic rings. The fourth-order valence-corrected chi connectivity index (χ4v) is 1.90. The van der Waals surface area contributed by atoms with Crippen LogP contribution in [-0.2, 0) is 9.53 Å². The van der Waals surface area contributed by atoms with Gasteiger partial charge in [0.1, 0.15) is 17.6 Å². The molecule has 4 heteroatoms. The van der Waals surface area contributed by atoms with E-state index in [2.05, 4.69) is 13.2 Å². The number of rotatable bonds is 8. The van der Waals surface area contributed by atoms with E-state index in [1.165, 1.54) is 19.3 Å². The van der Waals surface area contributed by atoms with E-state index in [-0.39, 0.29) is 5.78 Å². The highest BCUT2D eigenvalue weighted by atomic mass is 16.5. The lowest BCUT2D eigenvalue weighted by Gasteiger charge is -2.17. The summed E-state index contributed by atoms with van der Waals surface area (Å²) in [6, 6.07) is 5.21. The van der Waals surface area contributed by atoms with Crippen LogP contribution in [0.3, 0.4) is 0 Å². The Bertz CT molecular complexity index is 536. The second kappa shape index (κ2) is 8.07. The average Bonchev–Trinajstić information content (AvgIpc) is 2.52. The Morgan fingerprint density at radius 2 is 1.67 bits per heavy atom. The van der Waals surface area contributed by atoms with Gasteiger partial charge in [-0.1, -0.05) is 31.4 Å². The molecular weight excluding hydrogens is 268 g/mol. The fourth-order valence-electron chi connectivity index (χ4n) is 1.90. The van der Waals surface area contributed by atoms with E-state index in [1.807, 2.05) is 0 Å². The summed E-state index contributed by atoms with van der Waals surface area (Å²) in [7, 11) is 4.58. The Balaban J connectivity index is 3.26. The molecule has 0 saturated heterocycles. The molecule has 1 rings (SSSR count). The van der Waals surface area contributed by atoms with Crippen LogP contribution in [0, 0.1) is 0 Å². The summed E-state index contributed by atoms with van der Waals surface area (Å²) in [5, 5.41) is 0. The molecule has 0 aliphatic heterocycles. The minimum atomic E-state index is -0.766. The molecule has 0 aromatic heterocycles. The van der Waals surface area contributed by atoms with Crippen LogP contribution in [0.1, 0.15) is 11.7 Å². The number of methoxy groups -OCH3 is 3. The molecule has 21 heavy (non-hydrogen) atoms. The van der Waals surface area contributed by atoms with Crippen molar-refractivity contribution in [2.24, 2.45) is 0 Å². The van der Waals surface area contributed by atoms with Crippen LogP contribution >= 0.6 is 0 Å². The van der Waals surface area contributed by atoms with Crippen molar-refractivity contribution in [3.05, 3.63) is 60.7 Å². The van der Waals surface area contributed by atoms with Crippen molar-refractivity contribution in [3.8, 4) is 11.5 Å². The van der Waals surface area contributed by atoms with Crippen LogP contribution in [0.15, 0.2) is 55.2 Å². The number of benzene rings is 1. The van der Waals surface area contributed by atoms with Crippen LogP contribution in [0.4, 0.5) is 0 Å². The summed E-state index contributed by atoms with van der Waals surface area (Å²) in [5.41, 5.74) is 1.08. The number of carbonyl (C=O) groups excluding carboxylic acids is 1. The largest absolute Gasteiger partial charge is 0.497 e. The topological polar surface area (TPSA) is 44.8 Å². The lowest BCUT2D eigenvalue weighted by atomic mass is 9.99. The lowest BCUT2D eigenvalue weighted by Crippen LogP contribution is -2.16. The highest BCUT2D eigenvalue weighted by molar-refractivity contribution is 6.02. The molecule has 0 N–H and O–H groups in total. The molecule has 1 unspecified atom stereocenters. The van der Waals surface area contributed by atoms with E-state index < -0.39 is 6.10 Å². The molecule has 1 aromatic carbocycles. The zero-order valence-electron chi connectivity index (χ0n) is 12.6. The molecular formula is C17H20O4. The smallest absolute Gasteiger partial charge is 0.196 e. The highest BCUT2D eigenvalue weighted by Gasteiger charge is 2.23. The molecule has 0 amide bonds. The van der Waals surface area contributed by atoms with Crippen molar-refractivity contribution in [2.45, 2.75) is 6.10 Å². The van der Waals surface area contributed by atoms with Crippen molar-refractivity contribution in [1.82, 2.24) is 0 Å². The maximum atomic E-state index is 12.5. The molecule has 0 spiro atoms. The first-order valence-electron chi connectivity index (χ1n) is 6.36. The van der Waals surface area contributed by atoms with Crippen molar-refractivity contribution >= 4 is 5.78 Å². The Morgan fingerprint density at radius 3 is 2.05 bits per heavy atom. The summed E-state index contributed by atoms with van der Waals surface area (Å²) in [6.45, 7) is 7.22. The van der Waals surface area contributed by atoms with Crippen molar-refractivity contribution in [3.63, 3.8) is 0 Å². The van der Waals surface area contributed by atoms with E-state index in [9.17, 15) is 4.79 Å². The molecule has 0 aliphatic carbocycles. The van der Waals surface area contributed by atoms with Gasteiger partial charge in [-0.25, -0.2) is 0 Å². The minimum absolute atomic E-state index is 0.206. The molecule has 1 atom stereocenters. The minimum Gasteiger partial charge on any atom is -0.497 e. The van der Waals surface area contributed by atoms with Crippen LogP contribution in [-0.4, -0.2) is 27.1 Å². The third-order valence-electron chi connectivity index (χ3n) is 2.95. The number of ether oxygens (including phenoxy) is 3. The Hall–Kier alpha value is -2.33. The van der Waals surface area contributed by atoms with Crippen molar-refractivity contribution in [2.75, 3.05) is 21.3 Å². The summed E-state index contributed by atoms with van der Waals surface area (Å²) in [6.07, 6.45) is 3.85. The first kappa shape index (κ1) is 16.7. The van der Waals surface area contributed by atoms with Gasteiger partial charge in [-0.3, -0.25) is 4.79 Å². The molecule has 0 radical (unpaired) electrons. The second-order valence-corrected chi connectivity index (χ2v) is 4.19. The zero-order valence-corrected chi connectivity index (χ0v) is 12.6. The molecule has 112 valence electrons. The summed E-state index contributed by atoms with van der Waals surface area (Å²) >= 11 is 0. The van der Waals surface area contributed by atoms with Crippen LogP contribution < -0.4 is 9.47 Å². The molecule has 0 bridgehead atoms. The third kappa shape index (κ3) is 4.07. The first-order valence-corrected chi connectivity index (χ1v) is 6.36. The molecule has 1 aromatic rings. The van der Waals surface area contributed by atoms with Crippen LogP contribution in [0.25, 0.3) is 0 Å². The van der Waals surface area contributed by atoms with Gasteiger partial charge in [0, 0.05) is 18.7 Å². The van der Waals surface area contributed by atoms with E-state index in [0.717, 1.165) is 0 Å². The number of ketones is 1. The van der Waals surface area contributed by atoms with Gasteiger partial charge >= 0.3 is 0 Å². The molecule has 0 saturated carbocycles. The monoisotopic (exact) mass is 288 g/mol. The first-order chi connectivity index (χ1) is 10.1. The van der Waals surface area contributed by atoms with E-state index >= 15 is 0 Å². The Labute approximate surface area is 125 Å². The number of Topliss-reactive ketones (excluding diaryl/α,β-unsaturated/α-hetero) is 1. The SMILES string of the molecule is C=C/C=C(\C=C)C(=O)C(OC)c1cc(OC)cc(OC)c1. The standard InChI is InChI=1S/C17H20O4/c1-6-8-12(7-2)16(18)17(21-5)13-9-14(19-3)11-15(10-13)20-4/h6-11,17H,1-2H2,3-5H3/b12-8+. The summed E-state index contributed by atoms with van der Waals surface area (Å²) < 4.78 is 15.8. The average molecular weight is 288 g/mol. The fraction of sp³-hybridized carbons (Fsp3) is 0.235. The predicted molar refractivity (Wildman–Crippen MR) is 82.8 cm³/mol. The van der Waals surface area contributed by atoms with E-state index in [1.54, 1.807) is 38.5 Å². The highest BCUT2D eigenvalue weighted by Crippen LogP contribution is 2.29. The van der Waals surface area contributed by atoms with E-state index in [4.69, 9.17) is 14.2 Å². The van der Waals surface area contributed by atoms with Gasteiger partial charge in [-0.2, -0.15) is 0 Å². The second-order valence-electron chi connectivity index (χ2n) is 4.19. The van der Waals surface area contributed by atoms with Gasteiger partial charge in [0.25, 0.3) is 0 Å². The number of allylic oxidation sites excluding steroid dienone is 3. The van der Waals surface area contributed by atoms with Crippen molar-refractivity contribution in [1.29, 1.82) is 0 Å². The zero-order chi connectivity index (χ0) is 15.8. The summed E-state index contributed by atoms with van der Waals surface area (Å²) in [5.74, 6) is 0.974. The lowest BCUT2D eigenvalue weighted by molar-refractivity contribution is -0.125. The molecule has 0 heterocycles. The van der Waals surface area contributed by atoms with Crippen LogP contribution in [0.2, 0.25) is 0 Å². The molecule has 4 nitrogen and oxygen atoms in total. The van der Waals surface area contributed by atoms with E-state index in [0.29, 0.717) is 22.6 Å². The Kier molecular flexibility index (Phi) is 6.43. The normalized spacial score (nSPS) is 12.4.